The van der Waals surface area contributed by atoms with E-state index in [1.807, 2.05) is 6.07 Å². The third kappa shape index (κ3) is 3.26. The third-order valence-electron chi connectivity index (χ3n) is 4.13. The lowest BCUT2D eigenvalue weighted by atomic mass is 9.70. The van der Waals surface area contributed by atoms with Gasteiger partial charge in [0.05, 0.1) is 5.56 Å². The minimum absolute atomic E-state index is 0.105. The molecule has 0 bridgehead atoms. The minimum atomic E-state index is -0.453. The molecule has 1 saturated carbocycles. The van der Waals surface area contributed by atoms with Crippen LogP contribution < -0.4 is 5.32 Å². The third-order valence-corrected chi connectivity index (χ3v) is 4.13. The van der Waals surface area contributed by atoms with Gasteiger partial charge in [0.2, 0.25) is 0 Å². The second-order valence-electron chi connectivity index (χ2n) is 6.44. The highest BCUT2D eigenvalue weighted by Crippen LogP contribution is 2.39. The van der Waals surface area contributed by atoms with Crippen LogP contribution in [-0.2, 0) is 0 Å². The Kier molecular flexibility index (Phi) is 3.80. The summed E-state index contributed by atoms with van der Waals surface area (Å²) in [5.41, 5.74) is 1.36. The first-order chi connectivity index (χ1) is 8.91. The zero-order valence-corrected chi connectivity index (χ0v) is 11.8. The smallest absolute Gasteiger partial charge is 0.141 e. The SMILES string of the molecule is CC1CC(C)(C)CCC1Nc1ccc(F)c(C#N)c1. The molecule has 0 spiro atoms. The van der Waals surface area contributed by atoms with E-state index in [1.54, 1.807) is 12.1 Å². The fourth-order valence-electron chi connectivity index (χ4n) is 3.08. The van der Waals surface area contributed by atoms with Gasteiger partial charge in [0, 0.05) is 11.7 Å². The lowest BCUT2D eigenvalue weighted by molar-refractivity contribution is 0.177. The van der Waals surface area contributed by atoms with E-state index in [9.17, 15) is 4.39 Å². The van der Waals surface area contributed by atoms with Gasteiger partial charge < -0.3 is 5.32 Å². The van der Waals surface area contributed by atoms with E-state index in [2.05, 4.69) is 26.1 Å². The average molecular weight is 260 g/mol. The van der Waals surface area contributed by atoms with Crippen LogP contribution in [0.4, 0.5) is 10.1 Å². The molecular weight excluding hydrogens is 239 g/mol. The summed E-state index contributed by atoms with van der Waals surface area (Å²) in [6.07, 6.45) is 3.51. The van der Waals surface area contributed by atoms with Gasteiger partial charge >= 0.3 is 0 Å². The van der Waals surface area contributed by atoms with Crippen molar-refractivity contribution in [1.29, 1.82) is 5.26 Å². The second-order valence-corrected chi connectivity index (χ2v) is 6.44. The predicted molar refractivity (Wildman–Crippen MR) is 75.3 cm³/mol. The summed E-state index contributed by atoms with van der Waals surface area (Å²) in [4.78, 5) is 0. The average Bonchev–Trinajstić information content (AvgIpc) is 2.34. The molecule has 1 aliphatic carbocycles. The fraction of sp³-hybridized carbons (Fsp3) is 0.562. The van der Waals surface area contributed by atoms with Crippen LogP contribution in [0.15, 0.2) is 18.2 Å². The normalized spacial score (nSPS) is 25.6. The van der Waals surface area contributed by atoms with Crippen LogP contribution in [0.1, 0.15) is 45.6 Å². The molecule has 1 fully saturated rings. The first kappa shape index (κ1) is 13.9. The van der Waals surface area contributed by atoms with Crippen LogP contribution >= 0.6 is 0 Å². The number of nitrogens with one attached hydrogen (secondary N) is 1. The summed E-state index contributed by atoms with van der Waals surface area (Å²) in [7, 11) is 0. The number of nitriles is 1. The number of nitrogens with zero attached hydrogens (tertiary/aromatic N) is 1. The number of benzene rings is 1. The van der Waals surface area contributed by atoms with Gasteiger partial charge in [0.1, 0.15) is 11.9 Å². The topological polar surface area (TPSA) is 35.8 Å². The van der Waals surface area contributed by atoms with Crippen molar-refractivity contribution in [3.05, 3.63) is 29.6 Å². The van der Waals surface area contributed by atoms with Crippen molar-refractivity contribution >= 4 is 5.69 Å². The van der Waals surface area contributed by atoms with E-state index in [1.165, 1.54) is 18.9 Å². The Morgan fingerprint density at radius 2 is 2.16 bits per heavy atom. The van der Waals surface area contributed by atoms with Crippen molar-refractivity contribution in [2.45, 2.75) is 46.1 Å². The number of hydrogen-bond acceptors (Lipinski definition) is 2. The number of rotatable bonds is 2. The van der Waals surface area contributed by atoms with E-state index in [-0.39, 0.29) is 5.56 Å². The van der Waals surface area contributed by atoms with Crippen molar-refractivity contribution in [2.75, 3.05) is 5.32 Å². The van der Waals surface area contributed by atoms with E-state index < -0.39 is 5.82 Å². The van der Waals surface area contributed by atoms with Crippen LogP contribution in [-0.4, -0.2) is 6.04 Å². The molecule has 0 saturated heterocycles. The standard InChI is InChI=1S/C16H21FN2/c1-11-9-16(2,3)7-6-15(11)19-13-4-5-14(17)12(8-13)10-18/h4-5,8,11,15,19H,6-7,9H2,1-3H3. The van der Waals surface area contributed by atoms with Crippen molar-refractivity contribution in [3.63, 3.8) is 0 Å². The molecule has 2 unspecified atom stereocenters. The first-order valence-corrected chi connectivity index (χ1v) is 6.87. The highest BCUT2D eigenvalue weighted by molar-refractivity contribution is 5.50. The molecule has 2 rings (SSSR count). The quantitative estimate of drug-likeness (QED) is 0.859. The number of hydrogen-bond donors (Lipinski definition) is 1. The van der Waals surface area contributed by atoms with E-state index in [0.29, 0.717) is 17.4 Å². The maximum absolute atomic E-state index is 13.3. The van der Waals surface area contributed by atoms with Gasteiger partial charge in [0.15, 0.2) is 0 Å². The van der Waals surface area contributed by atoms with E-state index in [4.69, 9.17) is 5.26 Å². The van der Waals surface area contributed by atoms with Gasteiger partial charge in [-0.15, -0.1) is 0 Å². The molecule has 1 aliphatic rings. The van der Waals surface area contributed by atoms with Crippen LogP contribution in [0.25, 0.3) is 0 Å². The molecule has 2 nitrogen and oxygen atoms in total. The second kappa shape index (κ2) is 5.21. The van der Waals surface area contributed by atoms with Crippen molar-refractivity contribution in [1.82, 2.24) is 0 Å². The molecular formula is C16H21FN2. The molecule has 1 aromatic rings. The lowest BCUT2D eigenvalue weighted by Crippen LogP contribution is -2.36. The highest BCUT2D eigenvalue weighted by atomic mass is 19.1. The minimum Gasteiger partial charge on any atom is -0.382 e. The number of halogens is 1. The fourth-order valence-corrected chi connectivity index (χ4v) is 3.08. The molecule has 102 valence electrons. The van der Waals surface area contributed by atoms with Gasteiger partial charge in [-0.1, -0.05) is 20.8 Å². The van der Waals surface area contributed by atoms with Crippen LogP contribution in [0.5, 0.6) is 0 Å². The first-order valence-electron chi connectivity index (χ1n) is 6.87. The molecule has 1 aromatic carbocycles. The summed E-state index contributed by atoms with van der Waals surface area (Å²) in [5.74, 6) is 0.130. The monoisotopic (exact) mass is 260 g/mol. The van der Waals surface area contributed by atoms with Gasteiger partial charge in [-0.3, -0.25) is 0 Å². The largest absolute Gasteiger partial charge is 0.382 e. The zero-order chi connectivity index (χ0) is 14.0. The number of anilines is 1. The summed E-state index contributed by atoms with van der Waals surface area (Å²) >= 11 is 0. The zero-order valence-electron chi connectivity index (χ0n) is 11.8. The van der Waals surface area contributed by atoms with Crippen molar-refractivity contribution in [2.24, 2.45) is 11.3 Å². The molecule has 2 atom stereocenters. The summed E-state index contributed by atoms with van der Waals surface area (Å²) in [5, 5.41) is 12.3. The molecule has 0 radical (unpaired) electrons. The Morgan fingerprint density at radius 1 is 1.42 bits per heavy atom. The Labute approximate surface area is 114 Å². The van der Waals surface area contributed by atoms with Crippen LogP contribution in [0.2, 0.25) is 0 Å². The maximum atomic E-state index is 13.3. The van der Waals surface area contributed by atoms with E-state index >= 15 is 0 Å². The van der Waals surface area contributed by atoms with Crippen molar-refractivity contribution in [3.8, 4) is 6.07 Å². The van der Waals surface area contributed by atoms with Crippen molar-refractivity contribution < 1.29 is 4.39 Å². The highest BCUT2D eigenvalue weighted by Gasteiger charge is 2.32. The van der Waals surface area contributed by atoms with Gasteiger partial charge in [0.25, 0.3) is 0 Å². The molecule has 0 aliphatic heterocycles. The summed E-state index contributed by atoms with van der Waals surface area (Å²) in [6, 6.07) is 6.96. The lowest BCUT2D eigenvalue weighted by Gasteiger charge is -2.40. The molecule has 1 N–H and O–H groups in total. The summed E-state index contributed by atoms with van der Waals surface area (Å²) in [6.45, 7) is 6.88. The Morgan fingerprint density at radius 3 is 2.79 bits per heavy atom. The Bertz CT molecular complexity index is 502. The van der Waals surface area contributed by atoms with Gasteiger partial charge in [-0.25, -0.2) is 4.39 Å². The van der Waals surface area contributed by atoms with Gasteiger partial charge in [-0.05, 0) is 48.8 Å². The van der Waals surface area contributed by atoms with E-state index in [0.717, 1.165) is 12.1 Å². The molecule has 0 heterocycles. The molecule has 0 amide bonds. The Balaban J connectivity index is 2.08. The van der Waals surface area contributed by atoms with Crippen LogP contribution in [0, 0.1) is 28.5 Å². The predicted octanol–water partition coefficient (Wildman–Crippen LogP) is 4.32. The molecule has 3 heteroatoms. The van der Waals surface area contributed by atoms with Crippen LogP contribution in [0.3, 0.4) is 0 Å². The molecule has 0 aromatic heterocycles. The summed E-state index contributed by atoms with van der Waals surface area (Å²) < 4.78 is 13.3. The molecule has 19 heavy (non-hydrogen) atoms. The Hall–Kier alpha value is -1.56. The maximum Gasteiger partial charge on any atom is 0.141 e. The van der Waals surface area contributed by atoms with Gasteiger partial charge in [-0.2, -0.15) is 5.26 Å².